The van der Waals surface area contributed by atoms with Crippen LogP contribution in [-0.2, 0) is 19.1 Å². The van der Waals surface area contributed by atoms with E-state index in [9.17, 15) is 9.59 Å². The maximum Gasteiger partial charge on any atom is 0.302 e. The van der Waals surface area contributed by atoms with Gasteiger partial charge in [-0.25, -0.2) is 0 Å². The molecule has 1 atom stereocenters. The van der Waals surface area contributed by atoms with Crippen molar-refractivity contribution in [3.05, 3.63) is 22.8 Å². The van der Waals surface area contributed by atoms with Gasteiger partial charge in [0.2, 0.25) is 0 Å². The van der Waals surface area contributed by atoms with Gasteiger partial charge in [0.05, 0.1) is 0 Å². The second-order valence-electron chi connectivity index (χ2n) is 6.62. The molecule has 0 saturated carbocycles. The highest BCUT2D eigenvalue weighted by Crippen LogP contribution is 2.40. The average Bonchev–Trinajstić information content (AvgIpc) is 2.35. The van der Waals surface area contributed by atoms with Gasteiger partial charge >= 0.3 is 11.9 Å². The van der Waals surface area contributed by atoms with E-state index in [4.69, 9.17) is 9.47 Å². The van der Waals surface area contributed by atoms with Crippen molar-refractivity contribution in [2.45, 2.75) is 60.5 Å². The average molecular weight is 318 g/mol. The lowest BCUT2D eigenvalue weighted by molar-refractivity contribution is -0.147. The molecule has 0 bridgehead atoms. The van der Waals surface area contributed by atoms with Crippen molar-refractivity contribution >= 4 is 11.9 Å². The van der Waals surface area contributed by atoms with Crippen LogP contribution in [0.4, 0.5) is 0 Å². The molecule has 0 N–H and O–H groups in total. The molecule has 0 amide bonds. The van der Waals surface area contributed by atoms with Gasteiger partial charge in [0.25, 0.3) is 0 Å². The fraction of sp³-hybridized carbons (Fsp3) is 0.579. The Kier molecular flexibility index (Phi) is 6.62. The van der Waals surface area contributed by atoms with Crippen LogP contribution >= 0.6 is 0 Å². The summed E-state index contributed by atoms with van der Waals surface area (Å²) in [5.41, 5.74) is 2.99. The number of ether oxygens (including phenoxy) is 2. The molecule has 0 radical (unpaired) electrons. The fourth-order valence-corrected chi connectivity index (χ4v) is 2.85. The minimum Gasteiger partial charge on any atom is -0.462 e. The topological polar surface area (TPSA) is 52.6 Å². The smallest absolute Gasteiger partial charge is 0.302 e. The summed E-state index contributed by atoms with van der Waals surface area (Å²) < 4.78 is 10.2. The predicted octanol–water partition coefficient (Wildman–Crippen LogP) is 3.57. The van der Waals surface area contributed by atoms with Crippen LogP contribution in [0.3, 0.4) is 0 Å². The normalized spacial score (nSPS) is 20.4. The summed E-state index contributed by atoms with van der Waals surface area (Å²) in [6, 6.07) is 0. The summed E-state index contributed by atoms with van der Waals surface area (Å²) >= 11 is 0. The maximum atomic E-state index is 11.2. The van der Waals surface area contributed by atoms with Crippen molar-refractivity contribution < 1.29 is 19.1 Å². The molecule has 0 aliphatic heterocycles. The van der Waals surface area contributed by atoms with E-state index in [0.717, 1.165) is 29.6 Å². The molecule has 1 unspecified atom stereocenters. The van der Waals surface area contributed by atoms with E-state index >= 15 is 0 Å². The van der Waals surface area contributed by atoms with E-state index < -0.39 is 0 Å². The highest BCUT2D eigenvalue weighted by molar-refractivity contribution is 5.66. The molecule has 1 aliphatic rings. The Bertz CT molecular complexity index is 597. The van der Waals surface area contributed by atoms with Gasteiger partial charge in [-0.3, -0.25) is 9.59 Å². The maximum absolute atomic E-state index is 11.2. The van der Waals surface area contributed by atoms with Crippen LogP contribution in [0.2, 0.25) is 0 Å². The van der Waals surface area contributed by atoms with Crippen LogP contribution < -0.4 is 0 Å². The highest BCUT2D eigenvalue weighted by Gasteiger charge is 2.34. The molecule has 0 spiro atoms. The van der Waals surface area contributed by atoms with E-state index in [1.165, 1.54) is 13.8 Å². The molecule has 126 valence electrons. The first-order chi connectivity index (χ1) is 10.6. The zero-order valence-corrected chi connectivity index (χ0v) is 14.9. The lowest BCUT2D eigenvalue weighted by atomic mass is 9.72. The van der Waals surface area contributed by atoms with Crippen LogP contribution in [0.15, 0.2) is 22.8 Å². The van der Waals surface area contributed by atoms with Gasteiger partial charge in [-0.15, -0.1) is 0 Å². The number of hydrogen-bond acceptors (Lipinski definition) is 4. The van der Waals surface area contributed by atoms with E-state index in [2.05, 4.69) is 25.7 Å². The molecule has 0 aromatic carbocycles. The van der Waals surface area contributed by atoms with Gasteiger partial charge in [0, 0.05) is 31.3 Å². The molecule has 0 heterocycles. The number of esters is 2. The van der Waals surface area contributed by atoms with Gasteiger partial charge in [-0.2, -0.15) is 0 Å². The van der Waals surface area contributed by atoms with Crippen molar-refractivity contribution in [1.82, 2.24) is 0 Å². The van der Waals surface area contributed by atoms with Crippen molar-refractivity contribution in [2.75, 3.05) is 6.61 Å². The van der Waals surface area contributed by atoms with E-state index in [-0.39, 0.29) is 30.1 Å². The van der Waals surface area contributed by atoms with E-state index in [0.29, 0.717) is 0 Å². The summed E-state index contributed by atoms with van der Waals surface area (Å²) in [5, 5.41) is 0. The first-order valence-corrected chi connectivity index (χ1v) is 7.81. The lowest BCUT2D eigenvalue weighted by Gasteiger charge is -2.36. The van der Waals surface area contributed by atoms with Gasteiger partial charge in [-0.05, 0) is 31.9 Å². The fourth-order valence-electron chi connectivity index (χ4n) is 2.85. The molecule has 1 rings (SSSR count). The molecular formula is C19H26O4. The predicted molar refractivity (Wildman–Crippen MR) is 89.4 cm³/mol. The van der Waals surface area contributed by atoms with Crippen LogP contribution in [0, 0.1) is 17.3 Å². The minimum atomic E-state index is -0.300. The molecular weight excluding hydrogens is 292 g/mol. The Morgan fingerprint density at radius 2 is 1.91 bits per heavy atom. The number of carbonyl (C=O) groups excluding carboxylic acids is 2. The monoisotopic (exact) mass is 318 g/mol. The van der Waals surface area contributed by atoms with Crippen LogP contribution in [0.25, 0.3) is 0 Å². The summed E-state index contributed by atoms with van der Waals surface area (Å²) in [5.74, 6) is 5.84. The third kappa shape index (κ3) is 6.32. The van der Waals surface area contributed by atoms with Crippen LogP contribution in [-0.4, -0.2) is 24.6 Å². The summed E-state index contributed by atoms with van der Waals surface area (Å²) in [7, 11) is 0. The largest absolute Gasteiger partial charge is 0.462 e. The Morgan fingerprint density at radius 3 is 2.43 bits per heavy atom. The SMILES string of the molecule is CC(=O)OC/C=C(\C)C#CC1=C(C)CC(OC(C)=O)CC1(C)C. The standard InChI is InChI=1S/C19H26O4/c1-13(9-10-22-15(3)20)7-8-18-14(2)11-17(23-16(4)21)12-19(18,5)6/h9,17H,10-12H2,1-6H3/b13-9+. The van der Waals surface area contributed by atoms with Gasteiger partial charge in [-0.1, -0.05) is 31.3 Å². The Labute approximate surface area is 138 Å². The van der Waals surface area contributed by atoms with Crippen LogP contribution in [0.1, 0.15) is 54.4 Å². The third-order valence-corrected chi connectivity index (χ3v) is 3.77. The van der Waals surface area contributed by atoms with Crippen LogP contribution in [0.5, 0.6) is 0 Å². The van der Waals surface area contributed by atoms with Crippen molar-refractivity contribution in [2.24, 2.45) is 5.41 Å². The Hall–Kier alpha value is -2.02. The van der Waals surface area contributed by atoms with Gasteiger partial charge in [0.1, 0.15) is 12.7 Å². The highest BCUT2D eigenvalue weighted by atomic mass is 16.5. The third-order valence-electron chi connectivity index (χ3n) is 3.77. The second-order valence-corrected chi connectivity index (χ2v) is 6.62. The first-order valence-electron chi connectivity index (χ1n) is 7.81. The van der Waals surface area contributed by atoms with Crippen molar-refractivity contribution in [1.29, 1.82) is 0 Å². The zero-order chi connectivity index (χ0) is 17.6. The summed E-state index contributed by atoms with van der Waals surface area (Å²) in [6.07, 6.45) is 3.21. The Morgan fingerprint density at radius 1 is 1.26 bits per heavy atom. The molecule has 23 heavy (non-hydrogen) atoms. The molecule has 4 heteroatoms. The van der Waals surface area contributed by atoms with Gasteiger partial charge in [0.15, 0.2) is 0 Å². The summed E-state index contributed by atoms with van der Waals surface area (Å²) in [6.45, 7) is 11.2. The van der Waals surface area contributed by atoms with Crippen molar-refractivity contribution in [3.8, 4) is 11.8 Å². The summed E-state index contributed by atoms with van der Waals surface area (Å²) in [4.78, 5) is 21.9. The molecule has 0 saturated heterocycles. The number of carbonyl (C=O) groups is 2. The number of rotatable bonds is 3. The minimum absolute atomic E-state index is 0.0753. The second kappa shape index (κ2) is 8.01. The number of allylic oxidation sites excluding steroid dienone is 2. The first kappa shape index (κ1) is 19.0. The molecule has 1 aliphatic carbocycles. The zero-order valence-electron chi connectivity index (χ0n) is 14.9. The molecule has 0 fully saturated rings. The molecule has 0 aromatic rings. The number of hydrogen-bond donors (Lipinski definition) is 0. The quantitative estimate of drug-likeness (QED) is 0.590. The Balaban J connectivity index is 2.88. The molecule has 4 nitrogen and oxygen atoms in total. The van der Waals surface area contributed by atoms with E-state index in [1.807, 2.05) is 13.8 Å². The van der Waals surface area contributed by atoms with Gasteiger partial charge < -0.3 is 9.47 Å². The molecule has 0 aromatic heterocycles. The lowest BCUT2D eigenvalue weighted by Crippen LogP contribution is -2.31. The van der Waals surface area contributed by atoms with E-state index in [1.54, 1.807) is 6.08 Å². The van der Waals surface area contributed by atoms with Crippen molar-refractivity contribution in [3.63, 3.8) is 0 Å².